The largest absolute Gasteiger partial charge is 0.462 e. The normalized spacial score (nSPS) is 27.3. The highest BCUT2D eigenvalue weighted by atomic mass is 16.7. The first-order valence-corrected chi connectivity index (χ1v) is 11.7. The molecule has 2 aliphatic rings. The zero-order valence-electron chi connectivity index (χ0n) is 21.1. The van der Waals surface area contributed by atoms with Crippen molar-refractivity contribution >= 4 is 23.9 Å². The molecule has 11 heteroatoms. The minimum absolute atomic E-state index is 0.148. The molecule has 11 nitrogen and oxygen atoms in total. The van der Waals surface area contributed by atoms with Crippen LogP contribution in [-0.4, -0.2) is 78.7 Å². The van der Waals surface area contributed by atoms with Crippen molar-refractivity contribution in [1.82, 2.24) is 5.06 Å². The van der Waals surface area contributed by atoms with Gasteiger partial charge in [-0.15, -0.1) is 0 Å². The van der Waals surface area contributed by atoms with Gasteiger partial charge in [0.15, 0.2) is 18.3 Å². The second-order valence-corrected chi connectivity index (χ2v) is 9.11. The summed E-state index contributed by atoms with van der Waals surface area (Å²) < 4.78 is 28.2. The Morgan fingerprint density at radius 1 is 0.972 bits per heavy atom. The number of carbonyl (C=O) groups is 4. The van der Waals surface area contributed by atoms with Gasteiger partial charge >= 0.3 is 23.9 Å². The first-order valence-electron chi connectivity index (χ1n) is 11.7. The second kappa shape index (κ2) is 11.8. The number of rotatable bonds is 9. The van der Waals surface area contributed by atoms with Crippen LogP contribution >= 0.6 is 0 Å². The number of fused-ring (bicyclic) bond motifs is 1. The van der Waals surface area contributed by atoms with Gasteiger partial charge < -0.3 is 23.7 Å². The van der Waals surface area contributed by atoms with E-state index in [1.165, 1.54) is 27.7 Å². The van der Waals surface area contributed by atoms with Crippen LogP contribution in [0.2, 0.25) is 0 Å². The van der Waals surface area contributed by atoms with E-state index in [9.17, 15) is 19.2 Å². The first kappa shape index (κ1) is 27.6. The van der Waals surface area contributed by atoms with Crippen LogP contribution in [0.25, 0.3) is 0 Å². The molecule has 0 aliphatic carbocycles. The predicted octanol–water partition coefficient (Wildman–Crippen LogP) is 1.57. The van der Waals surface area contributed by atoms with Gasteiger partial charge in [-0.25, -0.2) is 0 Å². The average molecular weight is 508 g/mol. The maximum absolute atomic E-state index is 12.3. The molecule has 0 spiro atoms. The molecule has 0 radical (unpaired) electrons. The minimum Gasteiger partial charge on any atom is -0.462 e. The molecule has 2 saturated heterocycles. The summed E-state index contributed by atoms with van der Waals surface area (Å²) in [6.45, 7) is 7.02. The van der Waals surface area contributed by atoms with Crippen molar-refractivity contribution in [3.05, 3.63) is 35.9 Å². The van der Waals surface area contributed by atoms with Crippen LogP contribution in [0.3, 0.4) is 0 Å². The van der Waals surface area contributed by atoms with Crippen molar-refractivity contribution in [2.75, 3.05) is 19.8 Å². The maximum Gasteiger partial charge on any atom is 0.303 e. The van der Waals surface area contributed by atoms with E-state index in [1.54, 1.807) is 12.0 Å². The quantitative estimate of drug-likeness (QED) is 0.357. The number of esters is 4. The van der Waals surface area contributed by atoms with Gasteiger partial charge in [0, 0.05) is 40.2 Å². The van der Waals surface area contributed by atoms with Crippen molar-refractivity contribution < 1.29 is 47.7 Å². The Morgan fingerprint density at radius 2 is 1.64 bits per heavy atom. The Kier molecular flexibility index (Phi) is 9.04. The van der Waals surface area contributed by atoms with E-state index in [1.807, 2.05) is 30.3 Å². The van der Waals surface area contributed by atoms with Gasteiger partial charge in [0.05, 0.1) is 19.3 Å². The van der Waals surface area contributed by atoms with Crippen LogP contribution in [0.1, 0.15) is 40.2 Å². The molecule has 198 valence electrons. The molecule has 6 atom stereocenters. The lowest BCUT2D eigenvalue weighted by atomic mass is 9.78. The number of hydrogen-bond donors (Lipinski definition) is 0. The van der Waals surface area contributed by atoms with E-state index in [0.717, 1.165) is 5.56 Å². The van der Waals surface area contributed by atoms with Crippen molar-refractivity contribution in [1.29, 1.82) is 0 Å². The predicted molar refractivity (Wildman–Crippen MR) is 123 cm³/mol. The lowest BCUT2D eigenvalue weighted by molar-refractivity contribution is -0.268. The third-order valence-electron chi connectivity index (χ3n) is 6.19. The highest BCUT2D eigenvalue weighted by Crippen LogP contribution is 2.42. The molecule has 0 amide bonds. The molecular formula is C25H33NO10. The Bertz CT molecular complexity index is 953. The van der Waals surface area contributed by atoms with E-state index in [2.05, 4.69) is 0 Å². The third kappa shape index (κ3) is 6.59. The average Bonchev–Trinajstić information content (AvgIpc) is 3.20. The maximum atomic E-state index is 12.3. The molecule has 1 aromatic rings. The van der Waals surface area contributed by atoms with E-state index in [4.69, 9.17) is 28.5 Å². The highest BCUT2D eigenvalue weighted by Gasteiger charge is 2.61. The van der Waals surface area contributed by atoms with E-state index >= 15 is 0 Å². The Hall–Kier alpha value is -3.02. The fraction of sp³-hybridized carbons (Fsp3) is 0.600. The van der Waals surface area contributed by atoms with E-state index < -0.39 is 60.4 Å². The summed E-state index contributed by atoms with van der Waals surface area (Å²) in [6.07, 6.45) is -3.48. The number of benzene rings is 1. The van der Waals surface area contributed by atoms with Gasteiger partial charge in [-0.05, 0) is 12.5 Å². The van der Waals surface area contributed by atoms with Gasteiger partial charge in [0.1, 0.15) is 12.2 Å². The van der Waals surface area contributed by atoms with Gasteiger partial charge in [0.25, 0.3) is 0 Å². The van der Waals surface area contributed by atoms with Gasteiger partial charge in [-0.2, -0.15) is 5.06 Å². The summed E-state index contributed by atoms with van der Waals surface area (Å²) >= 11 is 0. The van der Waals surface area contributed by atoms with Gasteiger partial charge in [-0.3, -0.25) is 24.0 Å². The molecule has 36 heavy (non-hydrogen) atoms. The number of nitrogens with zero attached hydrogens (tertiary/aromatic N) is 1. The number of carbonyl (C=O) groups excluding carboxylic acids is 4. The third-order valence-corrected chi connectivity index (χ3v) is 6.19. The molecular weight excluding hydrogens is 474 g/mol. The zero-order valence-corrected chi connectivity index (χ0v) is 21.1. The van der Waals surface area contributed by atoms with Crippen molar-refractivity contribution in [3.63, 3.8) is 0 Å². The molecule has 2 fully saturated rings. The van der Waals surface area contributed by atoms with Crippen LogP contribution < -0.4 is 0 Å². The van der Waals surface area contributed by atoms with Crippen molar-refractivity contribution in [2.24, 2.45) is 5.92 Å². The second-order valence-electron chi connectivity index (χ2n) is 9.11. The molecule has 0 aromatic heterocycles. The first-order chi connectivity index (χ1) is 17.0. The monoisotopic (exact) mass is 507 g/mol. The Labute approximate surface area is 209 Å². The van der Waals surface area contributed by atoms with Crippen molar-refractivity contribution in [3.8, 4) is 0 Å². The lowest BCUT2D eigenvalue weighted by Crippen LogP contribution is -2.69. The summed E-state index contributed by atoms with van der Waals surface area (Å²) in [6, 6.07) is 9.18. The Morgan fingerprint density at radius 3 is 2.22 bits per heavy atom. The van der Waals surface area contributed by atoms with E-state index in [0.29, 0.717) is 13.2 Å². The SMILES string of the molecule is CC(=O)OC[C@@H](OC(C)=O)[C@H](OC(C)=O)[C@]1(C)OC[C@@H]2CON(Cc3ccccc3)[C@H]2[C@@H]1OC(C)=O. The molecule has 0 unspecified atom stereocenters. The number of hydrogen-bond acceptors (Lipinski definition) is 11. The minimum atomic E-state index is -1.48. The molecule has 2 aliphatic heterocycles. The van der Waals surface area contributed by atoms with Crippen molar-refractivity contribution in [2.45, 2.75) is 71.1 Å². The molecule has 3 rings (SSSR count). The van der Waals surface area contributed by atoms with Crippen LogP contribution in [0.15, 0.2) is 30.3 Å². The number of ether oxygens (including phenoxy) is 5. The van der Waals surface area contributed by atoms with Crippen LogP contribution in [0, 0.1) is 5.92 Å². The molecule has 0 bridgehead atoms. The fourth-order valence-corrected chi connectivity index (χ4v) is 4.72. The van der Waals surface area contributed by atoms with Crippen LogP contribution in [-0.2, 0) is 54.2 Å². The summed E-state index contributed by atoms with van der Waals surface area (Å²) in [5.41, 5.74) is -0.501. The summed E-state index contributed by atoms with van der Waals surface area (Å²) in [4.78, 5) is 53.8. The fourth-order valence-electron chi connectivity index (χ4n) is 4.72. The molecule has 0 saturated carbocycles. The summed E-state index contributed by atoms with van der Waals surface area (Å²) in [7, 11) is 0. The Balaban J connectivity index is 2.01. The highest BCUT2D eigenvalue weighted by molar-refractivity contribution is 5.68. The van der Waals surface area contributed by atoms with Gasteiger partial charge in [0.2, 0.25) is 0 Å². The topological polar surface area (TPSA) is 127 Å². The van der Waals surface area contributed by atoms with Gasteiger partial charge in [-0.1, -0.05) is 30.3 Å². The molecule has 1 aromatic carbocycles. The summed E-state index contributed by atoms with van der Waals surface area (Å²) in [5, 5.41) is 1.74. The summed E-state index contributed by atoms with van der Waals surface area (Å²) in [5.74, 6) is -2.70. The smallest absolute Gasteiger partial charge is 0.303 e. The molecule has 0 N–H and O–H groups in total. The standard InChI is InChI=1S/C25H33NO10/c1-15(27)31-14-21(34-16(2)28)23(35-17(3)29)25(5)24(36-18(4)30)22-20(12-32-25)13-33-26(22)11-19-9-7-6-8-10-19/h6-10,20-24H,11-14H2,1-5H3/t20-,21-,22-,23+,24+,25+/m1/s1. The number of hydroxylamine groups is 2. The van der Waals surface area contributed by atoms with E-state index in [-0.39, 0.29) is 12.5 Å². The lowest BCUT2D eigenvalue weighted by Gasteiger charge is -2.50. The molecule has 2 heterocycles. The zero-order chi connectivity index (χ0) is 26.5. The van der Waals surface area contributed by atoms with Crippen LogP contribution in [0.5, 0.6) is 0 Å². The van der Waals surface area contributed by atoms with Crippen LogP contribution in [0.4, 0.5) is 0 Å².